The Bertz CT molecular complexity index is 565. The lowest BCUT2D eigenvalue weighted by Gasteiger charge is -2.40. The summed E-state index contributed by atoms with van der Waals surface area (Å²) in [5, 5.41) is 11.5. The quantitative estimate of drug-likeness (QED) is 0.800. The highest BCUT2D eigenvalue weighted by Gasteiger charge is 2.41. The van der Waals surface area contributed by atoms with Gasteiger partial charge in [0.05, 0.1) is 5.56 Å². The first-order valence-electron chi connectivity index (χ1n) is 6.13. The van der Waals surface area contributed by atoms with Gasteiger partial charge in [-0.05, 0) is 26.0 Å². The molecule has 2 heterocycles. The van der Waals surface area contributed by atoms with Crippen LogP contribution >= 0.6 is 0 Å². The lowest BCUT2D eigenvalue weighted by molar-refractivity contribution is -0.133. The minimum absolute atomic E-state index is 0.0113. The van der Waals surface area contributed by atoms with Crippen molar-refractivity contribution in [3.8, 4) is 0 Å². The number of carboxylic acid groups (broad SMARTS) is 1. The summed E-state index contributed by atoms with van der Waals surface area (Å²) in [6, 6.07) is 2.67. The van der Waals surface area contributed by atoms with Crippen LogP contribution in [0.2, 0.25) is 0 Å². The summed E-state index contributed by atoms with van der Waals surface area (Å²) in [4.78, 5) is 40.2. The standard InChI is InChI=1S/C13H15N3O4/c1-13(2)12(20)14-5-6-16(13)10(17)9-4-3-8(7-15-9)11(18)19/h3-4,7H,5-6H2,1-2H3,(H,14,20)(H,18,19). The fourth-order valence-electron chi connectivity index (χ4n) is 2.04. The predicted octanol–water partition coefficient (Wildman–Crippen LogP) is 0.130. The molecule has 20 heavy (non-hydrogen) atoms. The number of aromatic carboxylic acids is 1. The maximum atomic E-state index is 12.4. The predicted molar refractivity (Wildman–Crippen MR) is 69.3 cm³/mol. The van der Waals surface area contributed by atoms with E-state index in [0.29, 0.717) is 13.1 Å². The highest BCUT2D eigenvalue weighted by molar-refractivity contribution is 5.99. The zero-order valence-corrected chi connectivity index (χ0v) is 11.2. The number of nitrogens with zero attached hydrogens (tertiary/aromatic N) is 2. The molecule has 0 saturated carbocycles. The topological polar surface area (TPSA) is 99.6 Å². The molecular formula is C13H15N3O4. The number of nitrogens with one attached hydrogen (secondary N) is 1. The van der Waals surface area contributed by atoms with Gasteiger partial charge in [-0.15, -0.1) is 0 Å². The normalized spacial score (nSPS) is 17.5. The van der Waals surface area contributed by atoms with Crippen molar-refractivity contribution in [2.24, 2.45) is 0 Å². The maximum Gasteiger partial charge on any atom is 0.337 e. The summed E-state index contributed by atoms with van der Waals surface area (Å²) < 4.78 is 0. The highest BCUT2D eigenvalue weighted by atomic mass is 16.4. The Morgan fingerprint density at radius 2 is 2.10 bits per heavy atom. The first kappa shape index (κ1) is 14.0. The average Bonchev–Trinajstić information content (AvgIpc) is 2.41. The molecule has 106 valence electrons. The van der Waals surface area contributed by atoms with Crippen LogP contribution in [-0.4, -0.2) is 51.4 Å². The van der Waals surface area contributed by atoms with E-state index >= 15 is 0 Å². The Labute approximate surface area is 115 Å². The van der Waals surface area contributed by atoms with E-state index in [0.717, 1.165) is 6.20 Å². The Balaban J connectivity index is 2.26. The van der Waals surface area contributed by atoms with Crippen LogP contribution < -0.4 is 5.32 Å². The number of amides is 2. The van der Waals surface area contributed by atoms with E-state index in [4.69, 9.17) is 5.11 Å². The SMILES string of the molecule is CC1(C)C(=O)NCCN1C(=O)c1ccc(C(=O)O)cn1. The fraction of sp³-hybridized carbons (Fsp3) is 0.385. The molecule has 0 spiro atoms. The van der Waals surface area contributed by atoms with E-state index in [1.807, 2.05) is 0 Å². The van der Waals surface area contributed by atoms with Crippen molar-refractivity contribution in [3.05, 3.63) is 29.6 Å². The summed E-state index contributed by atoms with van der Waals surface area (Å²) in [5.41, 5.74) is -0.822. The van der Waals surface area contributed by atoms with E-state index in [2.05, 4.69) is 10.3 Å². The minimum Gasteiger partial charge on any atom is -0.478 e. The summed E-state index contributed by atoms with van der Waals surface area (Å²) >= 11 is 0. The number of carbonyl (C=O) groups excluding carboxylic acids is 2. The van der Waals surface area contributed by atoms with Crippen molar-refractivity contribution in [2.45, 2.75) is 19.4 Å². The number of hydrogen-bond acceptors (Lipinski definition) is 4. The van der Waals surface area contributed by atoms with Crippen molar-refractivity contribution in [3.63, 3.8) is 0 Å². The van der Waals surface area contributed by atoms with Crippen LogP contribution in [0.15, 0.2) is 18.3 Å². The van der Waals surface area contributed by atoms with Gasteiger partial charge in [0.25, 0.3) is 5.91 Å². The number of aromatic nitrogens is 1. The van der Waals surface area contributed by atoms with Gasteiger partial charge in [0, 0.05) is 19.3 Å². The maximum absolute atomic E-state index is 12.4. The molecule has 7 heteroatoms. The van der Waals surface area contributed by atoms with Crippen LogP contribution in [0.4, 0.5) is 0 Å². The third kappa shape index (κ3) is 2.34. The Morgan fingerprint density at radius 1 is 1.40 bits per heavy atom. The third-order valence-electron chi connectivity index (χ3n) is 3.33. The van der Waals surface area contributed by atoms with Crippen LogP contribution in [0.25, 0.3) is 0 Å². The number of hydrogen-bond donors (Lipinski definition) is 2. The lowest BCUT2D eigenvalue weighted by atomic mass is 9.98. The second-order valence-electron chi connectivity index (χ2n) is 5.01. The molecular weight excluding hydrogens is 262 g/mol. The van der Waals surface area contributed by atoms with Gasteiger partial charge in [-0.3, -0.25) is 14.6 Å². The zero-order chi connectivity index (χ0) is 14.9. The molecule has 0 aliphatic carbocycles. The number of rotatable bonds is 2. The molecule has 1 aliphatic heterocycles. The molecule has 0 aromatic carbocycles. The molecule has 1 saturated heterocycles. The van der Waals surface area contributed by atoms with Gasteiger partial charge in [-0.25, -0.2) is 4.79 Å². The summed E-state index contributed by atoms with van der Waals surface area (Å²) in [6.07, 6.45) is 1.13. The van der Waals surface area contributed by atoms with Crippen LogP contribution in [0.5, 0.6) is 0 Å². The van der Waals surface area contributed by atoms with Gasteiger partial charge in [0.2, 0.25) is 5.91 Å². The highest BCUT2D eigenvalue weighted by Crippen LogP contribution is 2.20. The fourth-order valence-corrected chi connectivity index (χ4v) is 2.04. The summed E-state index contributed by atoms with van der Waals surface area (Å²) in [5.74, 6) is -1.71. The van der Waals surface area contributed by atoms with Crippen LogP contribution in [0.3, 0.4) is 0 Å². The van der Waals surface area contributed by atoms with Gasteiger partial charge in [0.15, 0.2) is 0 Å². The van der Waals surface area contributed by atoms with Crippen molar-refractivity contribution >= 4 is 17.8 Å². The lowest BCUT2D eigenvalue weighted by Crippen LogP contribution is -2.63. The molecule has 7 nitrogen and oxygen atoms in total. The van der Waals surface area contributed by atoms with Crippen molar-refractivity contribution in [1.82, 2.24) is 15.2 Å². The van der Waals surface area contributed by atoms with Crippen molar-refractivity contribution in [2.75, 3.05) is 13.1 Å². The Kier molecular flexibility index (Phi) is 3.44. The molecule has 1 aliphatic rings. The smallest absolute Gasteiger partial charge is 0.337 e. The third-order valence-corrected chi connectivity index (χ3v) is 3.33. The van der Waals surface area contributed by atoms with E-state index in [1.165, 1.54) is 17.0 Å². The molecule has 2 N–H and O–H groups in total. The van der Waals surface area contributed by atoms with Crippen LogP contribution in [-0.2, 0) is 4.79 Å². The number of carboxylic acids is 1. The largest absolute Gasteiger partial charge is 0.478 e. The molecule has 1 aromatic rings. The molecule has 0 radical (unpaired) electrons. The second kappa shape index (κ2) is 4.92. The second-order valence-corrected chi connectivity index (χ2v) is 5.01. The molecule has 0 unspecified atom stereocenters. The van der Waals surface area contributed by atoms with Gasteiger partial charge in [-0.2, -0.15) is 0 Å². The van der Waals surface area contributed by atoms with E-state index in [1.54, 1.807) is 13.8 Å². The van der Waals surface area contributed by atoms with E-state index in [-0.39, 0.29) is 23.1 Å². The Hall–Kier alpha value is -2.44. The van der Waals surface area contributed by atoms with E-state index < -0.39 is 11.5 Å². The minimum atomic E-state index is -1.10. The monoisotopic (exact) mass is 277 g/mol. The summed E-state index contributed by atoms with van der Waals surface area (Å²) in [7, 11) is 0. The molecule has 1 aromatic heterocycles. The molecule has 0 atom stereocenters. The van der Waals surface area contributed by atoms with Crippen LogP contribution in [0, 0.1) is 0 Å². The van der Waals surface area contributed by atoms with Gasteiger partial charge >= 0.3 is 5.97 Å². The van der Waals surface area contributed by atoms with Gasteiger partial charge in [-0.1, -0.05) is 0 Å². The number of pyridine rings is 1. The number of piperazine rings is 1. The van der Waals surface area contributed by atoms with Crippen molar-refractivity contribution in [1.29, 1.82) is 0 Å². The van der Waals surface area contributed by atoms with Gasteiger partial charge in [0.1, 0.15) is 11.2 Å². The molecule has 0 bridgehead atoms. The molecule has 2 rings (SSSR count). The van der Waals surface area contributed by atoms with Crippen LogP contribution in [0.1, 0.15) is 34.7 Å². The first-order chi connectivity index (χ1) is 9.34. The Morgan fingerprint density at radius 3 is 2.65 bits per heavy atom. The average molecular weight is 277 g/mol. The molecule has 2 amide bonds. The number of carbonyl (C=O) groups is 3. The van der Waals surface area contributed by atoms with Crippen molar-refractivity contribution < 1.29 is 19.5 Å². The molecule has 1 fully saturated rings. The van der Waals surface area contributed by atoms with Gasteiger partial charge < -0.3 is 15.3 Å². The first-order valence-corrected chi connectivity index (χ1v) is 6.13. The van der Waals surface area contributed by atoms with E-state index in [9.17, 15) is 14.4 Å². The summed E-state index contributed by atoms with van der Waals surface area (Å²) in [6.45, 7) is 4.09. The zero-order valence-electron chi connectivity index (χ0n) is 11.2.